The maximum absolute atomic E-state index is 5.41. The summed E-state index contributed by atoms with van der Waals surface area (Å²) >= 11 is 0. The standard InChI is InChI=1S/C15H20N2O/c1-2-16-14(12-15-7-5-11-18-15)9-8-13-6-3-4-10-17-13/h3-7,10-11,14,16H,2,8-9,12H2,1H3. The van der Waals surface area contributed by atoms with Gasteiger partial charge in [-0.25, -0.2) is 0 Å². The highest BCUT2D eigenvalue weighted by Gasteiger charge is 2.10. The average Bonchev–Trinajstić information content (AvgIpc) is 2.90. The molecule has 2 aromatic rings. The lowest BCUT2D eigenvalue weighted by Gasteiger charge is -2.16. The van der Waals surface area contributed by atoms with Crippen molar-refractivity contribution in [2.45, 2.75) is 32.2 Å². The number of aromatic nitrogens is 1. The van der Waals surface area contributed by atoms with Crippen molar-refractivity contribution in [3.63, 3.8) is 0 Å². The molecule has 2 heterocycles. The lowest BCUT2D eigenvalue weighted by molar-refractivity contribution is 0.429. The van der Waals surface area contributed by atoms with Gasteiger partial charge in [0.05, 0.1) is 6.26 Å². The number of nitrogens with zero attached hydrogens (tertiary/aromatic N) is 1. The van der Waals surface area contributed by atoms with Crippen LogP contribution in [-0.4, -0.2) is 17.6 Å². The summed E-state index contributed by atoms with van der Waals surface area (Å²) in [6.45, 7) is 3.11. The van der Waals surface area contributed by atoms with Crippen LogP contribution in [0.25, 0.3) is 0 Å². The van der Waals surface area contributed by atoms with Crippen molar-refractivity contribution in [3.05, 3.63) is 54.2 Å². The fraction of sp³-hybridized carbons (Fsp3) is 0.400. The summed E-state index contributed by atoms with van der Waals surface area (Å²) in [5, 5.41) is 3.50. The van der Waals surface area contributed by atoms with Gasteiger partial charge in [0.15, 0.2) is 0 Å². The molecule has 0 fully saturated rings. The summed E-state index contributed by atoms with van der Waals surface area (Å²) < 4.78 is 5.41. The van der Waals surface area contributed by atoms with Crippen molar-refractivity contribution in [1.29, 1.82) is 0 Å². The SMILES string of the molecule is CCNC(CCc1ccccn1)Cc1ccco1. The molecule has 96 valence electrons. The third-order valence-corrected chi connectivity index (χ3v) is 3.00. The van der Waals surface area contributed by atoms with Gasteiger partial charge in [-0.15, -0.1) is 0 Å². The molecule has 0 aliphatic rings. The first-order valence-electron chi connectivity index (χ1n) is 6.54. The number of pyridine rings is 1. The van der Waals surface area contributed by atoms with Gasteiger partial charge in [-0.2, -0.15) is 0 Å². The average molecular weight is 244 g/mol. The number of hydrogen-bond donors (Lipinski definition) is 1. The Balaban J connectivity index is 1.86. The number of hydrogen-bond acceptors (Lipinski definition) is 3. The zero-order valence-electron chi connectivity index (χ0n) is 10.8. The Morgan fingerprint density at radius 3 is 2.89 bits per heavy atom. The van der Waals surface area contributed by atoms with Crippen LogP contribution in [0.2, 0.25) is 0 Å². The Morgan fingerprint density at radius 2 is 2.22 bits per heavy atom. The van der Waals surface area contributed by atoms with E-state index in [0.717, 1.165) is 37.3 Å². The highest BCUT2D eigenvalue weighted by atomic mass is 16.3. The van der Waals surface area contributed by atoms with Crippen LogP contribution in [0.15, 0.2) is 47.2 Å². The minimum Gasteiger partial charge on any atom is -0.469 e. The molecule has 0 saturated carbocycles. The molecule has 0 radical (unpaired) electrons. The van der Waals surface area contributed by atoms with Crippen molar-refractivity contribution < 1.29 is 4.42 Å². The van der Waals surface area contributed by atoms with Gasteiger partial charge in [-0.05, 0) is 43.7 Å². The molecule has 18 heavy (non-hydrogen) atoms. The maximum atomic E-state index is 5.41. The molecule has 3 heteroatoms. The number of aryl methyl sites for hydroxylation is 1. The van der Waals surface area contributed by atoms with E-state index in [4.69, 9.17) is 4.42 Å². The normalized spacial score (nSPS) is 12.5. The molecule has 1 atom stereocenters. The number of nitrogens with one attached hydrogen (secondary N) is 1. The van der Waals surface area contributed by atoms with Gasteiger partial charge in [0, 0.05) is 24.4 Å². The van der Waals surface area contributed by atoms with Gasteiger partial charge in [0.25, 0.3) is 0 Å². The predicted octanol–water partition coefficient (Wildman–Crippen LogP) is 2.83. The molecule has 0 saturated heterocycles. The first kappa shape index (κ1) is 12.8. The van der Waals surface area contributed by atoms with E-state index in [1.54, 1.807) is 6.26 Å². The summed E-state index contributed by atoms with van der Waals surface area (Å²) in [6, 6.07) is 10.5. The van der Waals surface area contributed by atoms with E-state index in [2.05, 4.69) is 23.3 Å². The Bertz CT molecular complexity index is 425. The molecule has 0 spiro atoms. The van der Waals surface area contributed by atoms with Crippen molar-refractivity contribution in [3.8, 4) is 0 Å². The molecule has 3 nitrogen and oxygen atoms in total. The fourth-order valence-corrected chi connectivity index (χ4v) is 2.10. The number of likely N-dealkylation sites (N-methyl/N-ethyl adjacent to an activating group) is 1. The quantitative estimate of drug-likeness (QED) is 0.814. The van der Waals surface area contributed by atoms with Crippen LogP contribution in [0.5, 0.6) is 0 Å². The predicted molar refractivity (Wildman–Crippen MR) is 72.4 cm³/mol. The second-order valence-corrected chi connectivity index (χ2v) is 4.40. The molecule has 0 bridgehead atoms. The Labute approximate surface area is 108 Å². The van der Waals surface area contributed by atoms with Gasteiger partial charge in [-0.3, -0.25) is 4.98 Å². The van der Waals surface area contributed by atoms with E-state index in [9.17, 15) is 0 Å². The van der Waals surface area contributed by atoms with Gasteiger partial charge in [0.2, 0.25) is 0 Å². The molecular formula is C15H20N2O. The second-order valence-electron chi connectivity index (χ2n) is 4.40. The molecule has 0 amide bonds. The largest absolute Gasteiger partial charge is 0.469 e. The number of rotatable bonds is 7. The van der Waals surface area contributed by atoms with E-state index in [0.29, 0.717) is 6.04 Å². The zero-order chi connectivity index (χ0) is 12.6. The first-order valence-corrected chi connectivity index (χ1v) is 6.54. The van der Waals surface area contributed by atoms with Crippen LogP contribution in [0.3, 0.4) is 0 Å². The van der Waals surface area contributed by atoms with E-state index in [1.807, 2.05) is 30.5 Å². The van der Waals surface area contributed by atoms with E-state index >= 15 is 0 Å². The van der Waals surface area contributed by atoms with Crippen LogP contribution < -0.4 is 5.32 Å². The summed E-state index contributed by atoms with van der Waals surface area (Å²) in [4.78, 5) is 4.36. The van der Waals surface area contributed by atoms with Crippen LogP contribution >= 0.6 is 0 Å². The second kappa shape index (κ2) is 6.97. The molecule has 2 rings (SSSR count). The minimum atomic E-state index is 0.447. The van der Waals surface area contributed by atoms with Gasteiger partial charge < -0.3 is 9.73 Å². The molecule has 2 aromatic heterocycles. The van der Waals surface area contributed by atoms with Gasteiger partial charge in [-0.1, -0.05) is 13.0 Å². The first-order chi connectivity index (χ1) is 8.88. The van der Waals surface area contributed by atoms with E-state index < -0.39 is 0 Å². The van der Waals surface area contributed by atoms with Crippen molar-refractivity contribution in [2.75, 3.05) is 6.54 Å². The summed E-state index contributed by atoms with van der Waals surface area (Å²) in [7, 11) is 0. The molecule has 1 N–H and O–H groups in total. The molecular weight excluding hydrogens is 224 g/mol. The Kier molecular flexibility index (Phi) is 4.97. The van der Waals surface area contributed by atoms with Crippen molar-refractivity contribution in [1.82, 2.24) is 10.3 Å². The van der Waals surface area contributed by atoms with Crippen LogP contribution in [0.4, 0.5) is 0 Å². The monoisotopic (exact) mass is 244 g/mol. The summed E-state index contributed by atoms with van der Waals surface area (Å²) in [5.41, 5.74) is 1.15. The summed E-state index contributed by atoms with van der Waals surface area (Å²) in [6.07, 6.45) is 6.60. The Morgan fingerprint density at radius 1 is 1.28 bits per heavy atom. The lowest BCUT2D eigenvalue weighted by Crippen LogP contribution is -2.31. The molecule has 1 unspecified atom stereocenters. The summed E-state index contributed by atoms with van der Waals surface area (Å²) in [5.74, 6) is 1.04. The lowest BCUT2D eigenvalue weighted by atomic mass is 10.0. The van der Waals surface area contributed by atoms with Gasteiger partial charge >= 0.3 is 0 Å². The third-order valence-electron chi connectivity index (χ3n) is 3.00. The maximum Gasteiger partial charge on any atom is 0.105 e. The third kappa shape index (κ3) is 4.00. The fourth-order valence-electron chi connectivity index (χ4n) is 2.10. The minimum absolute atomic E-state index is 0.447. The molecule has 0 aromatic carbocycles. The van der Waals surface area contributed by atoms with Crippen LogP contribution in [-0.2, 0) is 12.8 Å². The number of furan rings is 1. The molecule has 0 aliphatic heterocycles. The van der Waals surface area contributed by atoms with Crippen molar-refractivity contribution in [2.24, 2.45) is 0 Å². The van der Waals surface area contributed by atoms with Crippen LogP contribution in [0, 0.1) is 0 Å². The zero-order valence-corrected chi connectivity index (χ0v) is 10.8. The van der Waals surface area contributed by atoms with Crippen LogP contribution in [0.1, 0.15) is 24.8 Å². The smallest absolute Gasteiger partial charge is 0.105 e. The highest BCUT2D eigenvalue weighted by molar-refractivity contribution is 5.05. The Hall–Kier alpha value is -1.61. The van der Waals surface area contributed by atoms with Gasteiger partial charge in [0.1, 0.15) is 5.76 Å². The van der Waals surface area contributed by atoms with Crippen molar-refractivity contribution >= 4 is 0 Å². The van der Waals surface area contributed by atoms with E-state index in [-0.39, 0.29) is 0 Å². The van der Waals surface area contributed by atoms with E-state index in [1.165, 1.54) is 0 Å². The topological polar surface area (TPSA) is 38.1 Å². The molecule has 0 aliphatic carbocycles. The highest BCUT2D eigenvalue weighted by Crippen LogP contribution is 2.09.